The highest BCUT2D eigenvalue weighted by Crippen LogP contribution is 2.19. The summed E-state index contributed by atoms with van der Waals surface area (Å²) in [5, 5.41) is 4.57. The minimum absolute atomic E-state index is 0.155. The van der Waals surface area contributed by atoms with Gasteiger partial charge < -0.3 is 5.32 Å². The second kappa shape index (κ2) is 7.77. The first-order valence-electron chi connectivity index (χ1n) is 8.14. The molecule has 0 aromatic heterocycles. The number of carbonyl (C=O) groups excluding carboxylic acids is 1. The van der Waals surface area contributed by atoms with E-state index in [0.29, 0.717) is 6.54 Å². The molecule has 0 aliphatic heterocycles. The van der Waals surface area contributed by atoms with Crippen molar-refractivity contribution in [1.29, 1.82) is 0 Å². The van der Waals surface area contributed by atoms with Gasteiger partial charge in [0.05, 0.1) is 4.90 Å². The van der Waals surface area contributed by atoms with Gasteiger partial charge in [-0.05, 0) is 35.2 Å². The Morgan fingerprint density at radius 1 is 1.08 bits per heavy atom. The zero-order valence-corrected chi connectivity index (χ0v) is 15.1. The first-order chi connectivity index (χ1) is 11.3. The van der Waals surface area contributed by atoms with Gasteiger partial charge in [-0.25, -0.2) is 8.42 Å². The number of amides is 1. The number of hydrogen-bond donors (Lipinski definition) is 2. The first-order valence-corrected chi connectivity index (χ1v) is 9.62. The summed E-state index contributed by atoms with van der Waals surface area (Å²) < 4.78 is 27.9. The van der Waals surface area contributed by atoms with Gasteiger partial charge in [-0.1, -0.05) is 51.1 Å². The number of hydrogen-bond acceptors (Lipinski definition) is 3. The molecule has 0 saturated carbocycles. The van der Waals surface area contributed by atoms with Crippen molar-refractivity contribution in [3.63, 3.8) is 0 Å². The Bertz CT molecular complexity index is 816. The van der Waals surface area contributed by atoms with E-state index in [2.05, 4.69) is 10.0 Å². The molecule has 5 nitrogen and oxygen atoms in total. The summed E-state index contributed by atoms with van der Waals surface area (Å²) in [6, 6.07) is 11.7. The van der Waals surface area contributed by atoms with E-state index < -0.39 is 16.1 Å². The number of sulfonamides is 1. The van der Waals surface area contributed by atoms with Gasteiger partial charge in [0, 0.05) is 6.54 Å². The zero-order valence-electron chi connectivity index (χ0n) is 14.2. The molecule has 2 aromatic rings. The lowest BCUT2D eigenvalue weighted by Gasteiger charge is -2.21. The van der Waals surface area contributed by atoms with Crippen LogP contribution < -0.4 is 10.0 Å². The van der Waals surface area contributed by atoms with Crippen LogP contribution in [0.15, 0.2) is 47.4 Å². The predicted octanol–water partition coefficient (Wildman–Crippen LogP) is 2.67. The highest BCUT2D eigenvalue weighted by molar-refractivity contribution is 7.89. The number of fused-ring (bicyclic) bond motifs is 1. The van der Waals surface area contributed by atoms with Gasteiger partial charge in [0.15, 0.2) is 0 Å². The average molecular weight is 348 g/mol. The maximum absolute atomic E-state index is 12.7. The van der Waals surface area contributed by atoms with Crippen molar-refractivity contribution in [3.8, 4) is 0 Å². The van der Waals surface area contributed by atoms with Gasteiger partial charge in [-0.3, -0.25) is 4.79 Å². The summed E-state index contributed by atoms with van der Waals surface area (Å²) in [7, 11) is -3.78. The summed E-state index contributed by atoms with van der Waals surface area (Å²) in [6.07, 6.45) is 0.800. The van der Waals surface area contributed by atoms with Crippen LogP contribution in [0.3, 0.4) is 0 Å². The van der Waals surface area contributed by atoms with Gasteiger partial charge in [0.25, 0.3) is 0 Å². The summed E-state index contributed by atoms with van der Waals surface area (Å²) in [4.78, 5) is 12.4. The lowest BCUT2D eigenvalue weighted by molar-refractivity contribution is -0.123. The molecule has 2 aromatic carbocycles. The van der Waals surface area contributed by atoms with Crippen molar-refractivity contribution in [3.05, 3.63) is 42.5 Å². The van der Waals surface area contributed by atoms with Gasteiger partial charge in [-0.15, -0.1) is 0 Å². The molecule has 0 spiro atoms. The van der Waals surface area contributed by atoms with Gasteiger partial charge in [0.1, 0.15) is 6.04 Å². The molecule has 2 rings (SSSR count). The number of rotatable bonds is 7. The highest BCUT2D eigenvalue weighted by atomic mass is 32.2. The third-order valence-electron chi connectivity index (χ3n) is 3.81. The molecule has 0 heterocycles. The minimum Gasteiger partial charge on any atom is -0.355 e. The Morgan fingerprint density at radius 2 is 1.75 bits per heavy atom. The van der Waals surface area contributed by atoms with Crippen LogP contribution >= 0.6 is 0 Å². The number of carbonyl (C=O) groups is 1. The van der Waals surface area contributed by atoms with Crippen molar-refractivity contribution in [2.45, 2.75) is 38.1 Å². The van der Waals surface area contributed by atoms with Crippen molar-refractivity contribution in [1.82, 2.24) is 10.0 Å². The van der Waals surface area contributed by atoms with E-state index in [4.69, 9.17) is 0 Å². The quantitative estimate of drug-likeness (QED) is 0.808. The fourth-order valence-corrected chi connectivity index (χ4v) is 3.80. The van der Waals surface area contributed by atoms with Crippen molar-refractivity contribution < 1.29 is 13.2 Å². The average Bonchev–Trinajstić information content (AvgIpc) is 2.56. The molecule has 0 bridgehead atoms. The first kappa shape index (κ1) is 18.4. The Morgan fingerprint density at radius 3 is 2.38 bits per heavy atom. The largest absolute Gasteiger partial charge is 0.355 e. The van der Waals surface area contributed by atoms with Crippen LogP contribution in [0, 0.1) is 5.92 Å². The molecule has 0 saturated heterocycles. The zero-order chi connectivity index (χ0) is 17.7. The molecule has 0 aliphatic carbocycles. The van der Waals surface area contributed by atoms with E-state index in [9.17, 15) is 13.2 Å². The standard InChI is InChI=1S/C18H24N2O3S/c1-4-11-19-18(21)17(13(2)3)20-24(22,23)16-10-9-14-7-5-6-8-15(14)12-16/h5-10,12-13,17,20H,4,11H2,1-3H3,(H,19,21). The molecule has 2 N–H and O–H groups in total. The Labute approximate surface area is 143 Å². The van der Waals surface area contributed by atoms with E-state index in [1.165, 1.54) is 0 Å². The smallest absolute Gasteiger partial charge is 0.241 e. The Hall–Kier alpha value is -1.92. The van der Waals surface area contributed by atoms with Crippen LogP contribution in [0.1, 0.15) is 27.2 Å². The summed E-state index contributed by atoms with van der Waals surface area (Å²) in [6.45, 7) is 6.11. The maximum atomic E-state index is 12.7. The lowest BCUT2D eigenvalue weighted by Crippen LogP contribution is -2.49. The summed E-state index contributed by atoms with van der Waals surface area (Å²) >= 11 is 0. The third kappa shape index (κ3) is 4.33. The lowest BCUT2D eigenvalue weighted by atomic mass is 10.1. The minimum atomic E-state index is -3.78. The van der Waals surface area contributed by atoms with Crippen molar-refractivity contribution in [2.24, 2.45) is 5.92 Å². The van der Waals surface area contributed by atoms with Gasteiger partial charge >= 0.3 is 0 Å². The van der Waals surface area contributed by atoms with Crippen molar-refractivity contribution in [2.75, 3.05) is 6.54 Å². The normalized spacial score (nSPS) is 13.2. The monoisotopic (exact) mass is 348 g/mol. The number of nitrogens with one attached hydrogen (secondary N) is 2. The van der Waals surface area contributed by atoms with E-state index in [1.54, 1.807) is 18.2 Å². The molecule has 0 fully saturated rings. The van der Waals surface area contributed by atoms with Crippen LogP contribution in [0.2, 0.25) is 0 Å². The second-order valence-electron chi connectivity index (χ2n) is 6.14. The predicted molar refractivity (Wildman–Crippen MR) is 96.2 cm³/mol. The summed E-state index contributed by atoms with van der Waals surface area (Å²) in [5.41, 5.74) is 0. The van der Waals surface area contributed by atoms with Crippen molar-refractivity contribution >= 4 is 26.7 Å². The topological polar surface area (TPSA) is 75.3 Å². The third-order valence-corrected chi connectivity index (χ3v) is 5.25. The molecule has 6 heteroatoms. The molecule has 1 amide bonds. The maximum Gasteiger partial charge on any atom is 0.241 e. The summed E-state index contributed by atoms with van der Waals surface area (Å²) in [5.74, 6) is -0.451. The Kier molecular flexibility index (Phi) is 5.96. The van der Waals surface area contributed by atoms with Crippen LogP contribution in [0.25, 0.3) is 10.8 Å². The van der Waals surface area contributed by atoms with Gasteiger partial charge in [-0.2, -0.15) is 4.72 Å². The second-order valence-corrected chi connectivity index (χ2v) is 7.86. The van der Waals surface area contributed by atoms with E-state index >= 15 is 0 Å². The number of benzene rings is 2. The Balaban J connectivity index is 2.28. The molecule has 1 unspecified atom stereocenters. The van der Waals surface area contributed by atoms with Crippen LogP contribution in [0.5, 0.6) is 0 Å². The van der Waals surface area contributed by atoms with E-state index in [1.807, 2.05) is 45.0 Å². The fourth-order valence-electron chi connectivity index (χ4n) is 2.42. The molecule has 0 radical (unpaired) electrons. The van der Waals surface area contributed by atoms with Crippen LogP contribution in [0.4, 0.5) is 0 Å². The molecule has 130 valence electrons. The molecular formula is C18H24N2O3S. The molecule has 0 aliphatic rings. The van der Waals surface area contributed by atoms with Crippen LogP contribution in [-0.2, 0) is 14.8 Å². The molecular weight excluding hydrogens is 324 g/mol. The van der Waals surface area contributed by atoms with E-state index in [0.717, 1.165) is 17.2 Å². The molecule has 1 atom stereocenters. The van der Waals surface area contributed by atoms with Gasteiger partial charge in [0.2, 0.25) is 15.9 Å². The van der Waals surface area contributed by atoms with Crippen LogP contribution in [-0.4, -0.2) is 26.9 Å². The highest BCUT2D eigenvalue weighted by Gasteiger charge is 2.28. The SMILES string of the molecule is CCCNC(=O)C(NS(=O)(=O)c1ccc2ccccc2c1)C(C)C. The van der Waals surface area contributed by atoms with E-state index in [-0.39, 0.29) is 16.7 Å². The fraction of sp³-hybridized carbons (Fsp3) is 0.389. The molecule has 24 heavy (non-hydrogen) atoms.